The molecule has 0 amide bonds. The number of likely N-dealkylation sites (N-methyl/N-ethyl adjacent to an activating group) is 1. The molecule has 1 aliphatic heterocycles. The number of nitrogens with zero attached hydrogens (tertiary/aromatic N) is 2. The Morgan fingerprint density at radius 1 is 1.00 bits per heavy atom. The summed E-state index contributed by atoms with van der Waals surface area (Å²) in [6.45, 7) is 5.03. The molecule has 4 heteroatoms. The fraction of sp³-hybridized carbons (Fsp3) is 0.318. The lowest BCUT2D eigenvalue weighted by Gasteiger charge is -2.32. The van der Waals surface area contributed by atoms with Crippen LogP contribution in [0.5, 0.6) is 0 Å². The van der Waals surface area contributed by atoms with Crippen molar-refractivity contribution in [3.8, 4) is 0 Å². The molecule has 0 bridgehead atoms. The van der Waals surface area contributed by atoms with Gasteiger partial charge in [0.15, 0.2) is 5.78 Å². The monoisotopic (exact) mass is 352 g/mol. The molecule has 1 heterocycles. The van der Waals surface area contributed by atoms with E-state index in [1.807, 2.05) is 36.4 Å². The van der Waals surface area contributed by atoms with Crippen molar-refractivity contribution in [2.75, 3.05) is 39.8 Å². The van der Waals surface area contributed by atoms with Gasteiger partial charge in [0.25, 0.3) is 0 Å². The molecule has 3 nitrogen and oxygen atoms in total. The van der Waals surface area contributed by atoms with E-state index in [2.05, 4.69) is 16.8 Å². The average Bonchev–Trinajstić information content (AvgIpc) is 2.68. The Bertz CT molecular complexity index is 747. The summed E-state index contributed by atoms with van der Waals surface area (Å²) in [7, 11) is 2.14. The maximum atomic E-state index is 13.2. The van der Waals surface area contributed by atoms with Gasteiger partial charge in [-0.1, -0.05) is 42.5 Å². The van der Waals surface area contributed by atoms with E-state index in [0.717, 1.165) is 43.9 Å². The van der Waals surface area contributed by atoms with Crippen LogP contribution in [0.1, 0.15) is 22.3 Å². The standard InChI is InChI=1S/C22H25FN2O/c1-24-13-15-25(16-14-24)12-11-20(17-18-7-9-21(23)10-8-18)22(26)19-5-3-2-4-6-19/h2-10,17H,11-16H2,1H3/b20-17+. The van der Waals surface area contributed by atoms with E-state index in [4.69, 9.17) is 0 Å². The molecular formula is C22H25FN2O. The molecule has 1 aliphatic rings. The van der Waals surface area contributed by atoms with Gasteiger partial charge < -0.3 is 9.80 Å². The van der Waals surface area contributed by atoms with E-state index in [1.165, 1.54) is 12.1 Å². The number of hydrogen-bond acceptors (Lipinski definition) is 3. The van der Waals surface area contributed by atoms with E-state index >= 15 is 0 Å². The summed E-state index contributed by atoms with van der Waals surface area (Å²) in [4.78, 5) is 17.7. The predicted molar refractivity (Wildman–Crippen MR) is 104 cm³/mol. The van der Waals surface area contributed by atoms with Gasteiger partial charge in [-0.3, -0.25) is 4.79 Å². The van der Waals surface area contributed by atoms with Crippen LogP contribution in [0.25, 0.3) is 6.08 Å². The minimum absolute atomic E-state index is 0.0454. The molecule has 0 spiro atoms. The van der Waals surface area contributed by atoms with Gasteiger partial charge >= 0.3 is 0 Å². The Labute approximate surface area is 154 Å². The number of carbonyl (C=O) groups is 1. The van der Waals surface area contributed by atoms with Crippen molar-refractivity contribution < 1.29 is 9.18 Å². The SMILES string of the molecule is CN1CCN(CC/C(=C\c2ccc(F)cc2)C(=O)c2ccccc2)CC1. The predicted octanol–water partition coefficient (Wildman–Crippen LogP) is 3.73. The van der Waals surface area contributed by atoms with Gasteiger partial charge in [0.05, 0.1) is 0 Å². The fourth-order valence-corrected chi connectivity index (χ4v) is 3.14. The van der Waals surface area contributed by atoms with Gasteiger partial charge in [-0.15, -0.1) is 0 Å². The summed E-state index contributed by atoms with van der Waals surface area (Å²) in [6, 6.07) is 15.6. The largest absolute Gasteiger partial charge is 0.304 e. The Balaban J connectivity index is 1.77. The van der Waals surface area contributed by atoms with Crippen molar-refractivity contribution in [3.05, 3.63) is 77.1 Å². The minimum atomic E-state index is -0.268. The molecule has 1 fully saturated rings. The zero-order chi connectivity index (χ0) is 18.4. The normalized spacial score (nSPS) is 16.6. The minimum Gasteiger partial charge on any atom is -0.304 e. The second kappa shape index (κ2) is 8.88. The van der Waals surface area contributed by atoms with Crippen LogP contribution in [0.3, 0.4) is 0 Å². The molecule has 1 saturated heterocycles. The molecule has 0 aromatic heterocycles. The van der Waals surface area contributed by atoms with Crippen molar-refractivity contribution in [1.82, 2.24) is 9.80 Å². The van der Waals surface area contributed by atoms with Gasteiger partial charge in [0, 0.05) is 43.9 Å². The highest BCUT2D eigenvalue weighted by atomic mass is 19.1. The number of halogens is 1. The van der Waals surface area contributed by atoms with E-state index < -0.39 is 0 Å². The van der Waals surface area contributed by atoms with Crippen molar-refractivity contribution in [1.29, 1.82) is 0 Å². The smallest absolute Gasteiger partial charge is 0.189 e. The van der Waals surface area contributed by atoms with Crippen molar-refractivity contribution in [3.63, 3.8) is 0 Å². The van der Waals surface area contributed by atoms with Crippen LogP contribution >= 0.6 is 0 Å². The lowest BCUT2D eigenvalue weighted by atomic mass is 9.98. The number of benzene rings is 2. The highest BCUT2D eigenvalue weighted by Crippen LogP contribution is 2.17. The van der Waals surface area contributed by atoms with Crippen molar-refractivity contribution in [2.24, 2.45) is 0 Å². The molecule has 0 unspecified atom stereocenters. The quantitative estimate of drug-likeness (QED) is 0.585. The second-order valence-electron chi connectivity index (χ2n) is 6.81. The molecular weight excluding hydrogens is 327 g/mol. The average molecular weight is 352 g/mol. The molecule has 26 heavy (non-hydrogen) atoms. The molecule has 0 N–H and O–H groups in total. The third-order valence-electron chi connectivity index (χ3n) is 4.83. The maximum Gasteiger partial charge on any atom is 0.189 e. The molecule has 2 aromatic carbocycles. The van der Waals surface area contributed by atoms with E-state index in [0.29, 0.717) is 12.0 Å². The summed E-state index contributed by atoms with van der Waals surface area (Å²) in [5.74, 6) is -0.223. The third-order valence-corrected chi connectivity index (χ3v) is 4.83. The van der Waals surface area contributed by atoms with Crippen molar-refractivity contribution >= 4 is 11.9 Å². The number of Topliss-reactive ketones (excluding diaryl/α,β-unsaturated/α-hetero) is 1. The highest BCUT2D eigenvalue weighted by Gasteiger charge is 2.17. The molecule has 0 aliphatic carbocycles. The fourth-order valence-electron chi connectivity index (χ4n) is 3.14. The van der Waals surface area contributed by atoms with Crippen LogP contribution in [0.15, 0.2) is 60.2 Å². The number of carbonyl (C=O) groups excluding carboxylic acids is 1. The van der Waals surface area contributed by atoms with E-state index in [-0.39, 0.29) is 11.6 Å². The molecule has 136 valence electrons. The van der Waals surface area contributed by atoms with E-state index in [9.17, 15) is 9.18 Å². The van der Waals surface area contributed by atoms with E-state index in [1.54, 1.807) is 12.1 Å². The molecule has 0 atom stereocenters. The lowest BCUT2D eigenvalue weighted by Crippen LogP contribution is -2.44. The lowest BCUT2D eigenvalue weighted by molar-refractivity contribution is 0.102. The number of piperazine rings is 1. The van der Waals surface area contributed by atoms with Gasteiger partial charge in [-0.25, -0.2) is 4.39 Å². The summed E-state index contributed by atoms with van der Waals surface area (Å²) < 4.78 is 13.2. The highest BCUT2D eigenvalue weighted by molar-refractivity contribution is 6.11. The third kappa shape index (κ3) is 5.10. The molecule has 0 saturated carbocycles. The Morgan fingerprint density at radius 3 is 2.31 bits per heavy atom. The first kappa shape index (κ1) is 18.5. The van der Waals surface area contributed by atoms with Crippen LogP contribution in [0.4, 0.5) is 4.39 Å². The first-order chi connectivity index (χ1) is 12.6. The summed E-state index contributed by atoms with van der Waals surface area (Å²) in [5.41, 5.74) is 2.31. The first-order valence-electron chi connectivity index (χ1n) is 9.08. The van der Waals surface area contributed by atoms with Crippen LogP contribution in [-0.4, -0.2) is 55.4 Å². The van der Waals surface area contributed by atoms with Crippen LogP contribution < -0.4 is 0 Å². The Hall–Kier alpha value is -2.30. The molecule has 2 aromatic rings. The van der Waals surface area contributed by atoms with Gasteiger partial charge in [-0.2, -0.15) is 0 Å². The van der Waals surface area contributed by atoms with Gasteiger partial charge in [-0.05, 0) is 37.2 Å². The molecule has 0 radical (unpaired) electrons. The number of ketones is 1. The summed E-state index contributed by atoms with van der Waals surface area (Å²) in [5, 5.41) is 0. The Morgan fingerprint density at radius 2 is 1.65 bits per heavy atom. The van der Waals surface area contributed by atoms with Crippen LogP contribution in [-0.2, 0) is 0 Å². The van der Waals surface area contributed by atoms with Crippen molar-refractivity contribution in [2.45, 2.75) is 6.42 Å². The summed E-state index contributed by atoms with van der Waals surface area (Å²) in [6.07, 6.45) is 2.58. The van der Waals surface area contributed by atoms with Crippen LogP contribution in [0.2, 0.25) is 0 Å². The number of rotatable bonds is 6. The first-order valence-corrected chi connectivity index (χ1v) is 9.08. The Kier molecular flexibility index (Phi) is 6.31. The topological polar surface area (TPSA) is 23.6 Å². The molecule has 3 rings (SSSR count). The maximum absolute atomic E-state index is 13.2. The van der Waals surface area contributed by atoms with Gasteiger partial charge in [0.1, 0.15) is 5.82 Å². The van der Waals surface area contributed by atoms with Gasteiger partial charge in [0.2, 0.25) is 0 Å². The zero-order valence-corrected chi connectivity index (χ0v) is 15.2. The zero-order valence-electron chi connectivity index (χ0n) is 15.2. The van der Waals surface area contributed by atoms with Crippen LogP contribution in [0, 0.1) is 5.82 Å². The summed E-state index contributed by atoms with van der Waals surface area (Å²) >= 11 is 0. The second-order valence-corrected chi connectivity index (χ2v) is 6.81. The number of hydrogen-bond donors (Lipinski definition) is 0.